The van der Waals surface area contributed by atoms with Crippen molar-refractivity contribution in [2.75, 3.05) is 13.1 Å². The maximum absolute atomic E-state index is 13.4. The predicted octanol–water partition coefficient (Wildman–Crippen LogP) is 2.24. The van der Waals surface area contributed by atoms with E-state index in [9.17, 15) is 13.2 Å². The van der Waals surface area contributed by atoms with Crippen molar-refractivity contribution >= 4 is 15.9 Å². The standard InChI is InChI=1S/C19H30N4O3S/c1-2-21-14-16(13-20-21)27(25,26)23-12-6-10-18(23)19(24)22-11-5-9-17(22)15-7-3-4-8-15/h13-15,17-18H,2-12H2,1H3/t17?,18-/m0/s1. The topological polar surface area (TPSA) is 75.5 Å². The van der Waals surface area contributed by atoms with Crippen molar-refractivity contribution in [3.05, 3.63) is 12.4 Å². The van der Waals surface area contributed by atoms with Gasteiger partial charge in [-0.3, -0.25) is 9.48 Å². The van der Waals surface area contributed by atoms with Crippen LogP contribution in [0.2, 0.25) is 0 Å². The number of rotatable bonds is 5. The molecule has 1 unspecified atom stereocenters. The van der Waals surface area contributed by atoms with Crippen LogP contribution in [-0.4, -0.2) is 58.5 Å². The Morgan fingerprint density at radius 2 is 1.85 bits per heavy atom. The number of carbonyl (C=O) groups excluding carboxylic acids is 1. The number of amides is 1. The van der Waals surface area contributed by atoms with Crippen LogP contribution in [0.3, 0.4) is 0 Å². The lowest BCUT2D eigenvalue weighted by Gasteiger charge is -2.33. The average molecular weight is 395 g/mol. The predicted molar refractivity (Wildman–Crippen MR) is 102 cm³/mol. The Balaban J connectivity index is 1.54. The summed E-state index contributed by atoms with van der Waals surface area (Å²) in [7, 11) is -3.69. The van der Waals surface area contributed by atoms with Crippen molar-refractivity contribution in [2.24, 2.45) is 5.92 Å². The van der Waals surface area contributed by atoms with Crippen molar-refractivity contribution in [2.45, 2.75) is 81.8 Å². The van der Waals surface area contributed by atoms with E-state index in [1.807, 2.05) is 11.8 Å². The zero-order chi connectivity index (χ0) is 19.0. The first-order chi connectivity index (χ1) is 13.0. The van der Waals surface area contributed by atoms with E-state index in [-0.39, 0.29) is 10.8 Å². The molecule has 0 aromatic carbocycles. The number of hydrogen-bond acceptors (Lipinski definition) is 4. The first kappa shape index (κ1) is 18.9. The van der Waals surface area contributed by atoms with Crippen molar-refractivity contribution in [3.63, 3.8) is 0 Å². The molecule has 150 valence electrons. The number of likely N-dealkylation sites (tertiary alicyclic amines) is 1. The summed E-state index contributed by atoms with van der Waals surface area (Å²) in [6, 6.07) is -0.241. The van der Waals surface area contributed by atoms with Gasteiger partial charge in [0.15, 0.2) is 0 Å². The molecule has 0 spiro atoms. The maximum atomic E-state index is 13.4. The second-order valence-corrected chi connectivity index (χ2v) is 9.98. The van der Waals surface area contributed by atoms with Crippen LogP contribution in [0.25, 0.3) is 0 Å². The molecule has 1 aromatic heterocycles. The van der Waals surface area contributed by atoms with Crippen LogP contribution in [0.4, 0.5) is 0 Å². The second-order valence-electron chi connectivity index (χ2n) is 8.09. The molecule has 3 heterocycles. The quantitative estimate of drug-likeness (QED) is 0.767. The van der Waals surface area contributed by atoms with E-state index in [0.29, 0.717) is 31.5 Å². The van der Waals surface area contributed by atoms with Crippen molar-refractivity contribution in [3.8, 4) is 0 Å². The Morgan fingerprint density at radius 1 is 1.11 bits per heavy atom. The lowest BCUT2D eigenvalue weighted by atomic mass is 9.95. The zero-order valence-corrected chi connectivity index (χ0v) is 16.9. The van der Waals surface area contributed by atoms with Crippen LogP contribution in [0.15, 0.2) is 17.3 Å². The highest BCUT2D eigenvalue weighted by atomic mass is 32.2. The van der Waals surface area contributed by atoms with Crippen molar-refractivity contribution < 1.29 is 13.2 Å². The molecule has 7 nitrogen and oxygen atoms in total. The Kier molecular flexibility index (Phi) is 5.29. The zero-order valence-electron chi connectivity index (χ0n) is 16.1. The van der Waals surface area contributed by atoms with Gasteiger partial charge in [0.2, 0.25) is 15.9 Å². The van der Waals surface area contributed by atoms with Crippen molar-refractivity contribution in [1.82, 2.24) is 19.0 Å². The molecule has 1 aromatic rings. The lowest BCUT2D eigenvalue weighted by molar-refractivity contribution is -0.136. The molecule has 8 heteroatoms. The molecule has 1 aliphatic carbocycles. The molecule has 2 atom stereocenters. The molecule has 1 saturated carbocycles. The fourth-order valence-corrected chi connectivity index (χ4v) is 6.76. The van der Waals surface area contributed by atoms with E-state index in [1.54, 1.807) is 10.9 Å². The Morgan fingerprint density at radius 3 is 2.56 bits per heavy atom. The number of aryl methyl sites for hydroxylation is 1. The summed E-state index contributed by atoms with van der Waals surface area (Å²) in [5.41, 5.74) is 0. The smallest absolute Gasteiger partial charge is 0.246 e. The van der Waals surface area contributed by atoms with E-state index in [2.05, 4.69) is 5.10 Å². The van der Waals surface area contributed by atoms with Crippen LogP contribution < -0.4 is 0 Å². The number of sulfonamides is 1. The summed E-state index contributed by atoms with van der Waals surface area (Å²) in [5.74, 6) is 0.624. The fourth-order valence-electron chi connectivity index (χ4n) is 5.15. The van der Waals surface area contributed by atoms with Gasteiger partial charge in [-0.1, -0.05) is 12.8 Å². The molecule has 1 amide bonds. The van der Waals surface area contributed by atoms with E-state index in [1.165, 1.54) is 36.2 Å². The Hall–Kier alpha value is -1.41. The summed E-state index contributed by atoms with van der Waals surface area (Å²) in [6.45, 7) is 3.73. The van der Waals surface area contributed by atoms with Gasteiger partial charge in [0, 0.05) is 31.9 Å². The molecule has 0 N–H and O–H groups in total. The lowest BCUT2D eigenvalue weighted by Crippen LogP contribution is -2.50. The minimum atomic E-state index is -3.69. The first-order valence-corrected chi connectivity index (χ1v) is 11.8. The van der Waals surface area contributed by atoms with Crippen LogP contribution in [0.5, 0.6) is 0 Å². The molecule has 2 saturated heterocycles. The number of carbonyl (C=O) groups is 1. The van der Waals surface area contributed by atoms with E-state index in [4.69, 9.17) is 0 Å². The van der Waals surface area contributed by atoms with Crippen LogP contribution >= 0.6 is 0 Å². The third kappa shape index (κ3) is 3.42. The monoisotopic (exact) mass is 394 g/mol. The van der Waals surface area contributed by atoms with Gasteiger partial charge >= 0.3 is 0 Å². The number of hydrogen-bond donors (Lipinski definition) is 0. The van der Waals surface area contributed by atoms with Gasteiger partial charge in [-0.15, -0.1) is 0 Å². The van der Waals surface area contributed by atoms with Gasteiger partial charge in [-0.05, 0) is 51.4 Å². The van der Waals surface area contributed by atoms with Gasteiger partial charge in [-0.2, -0.15) is 9.40 Å². The van der Waals surface area contributed by atoms with E-state index in [0.717, 1.165) is 25.8 Å². The number of nitrogens with zero attached hydrogens (tertiary/aromatic N) is 4. The SMILES string of the molecule is CCn1cc(S(=O)(=O)N2CCC[C@H]2C(=O)N2CCCC2C2CCCC2)cn1. The molecule has 3 aliphatic rings. The Bertz CT molecular complexity index is 785. The third-order valence-electron chi connectivity index (χ3n) is 6.56. The largest absolute Gasteiger partial charge is 0.338 e. The van der Waals surface area contributed by atoms with Crippen LogP contribution in [-0.2, 0) is 21.4 Å². The Labute approximate surface area is 161 Å². The highest BCUT2D eigenvalue weighted by Crippen LogP contribution is 2.37. The summed E-state index contributed by atoms with van der Waals surface area (Å²) in [6.07, 6.45) is 11.3. The molecule has 2 aliphatic heterocycles. The maximum Gasteiger partial charge on any atom is 0.246 e. The molecule has 0 bridgehead atoms. The van der Waals surface area contributed by atoms with Gasteiger partial charge in [-0.25, -0.2) is 8.42 Å². The second kappa shape index (κ2) is 7.54. The van der Waals surface area contributed by atoms with Crippen molar-refractivity contribution in [1.29, 1.82) is 0 Å². The van der Waals surface area contributed by atoms with Gasteiger partial charge in [0.1, 0.15) is 10.9 Å². The van der Waals surface area contributed by atoms with Gasteiger partial charge < -0.3 is 4.90 Å². The summed E-state index contributed by atoms with van der Waals surface area (Å²) in [5, 5.41) is 4.10. The highest BCUT2D eigenvalue weighted by molar-refractivity contribution is 7.89. The van der Waals surface area contributed by atoms with Crippen LogP contribution in [0.1, 0.15) is 58.3 Å². The number of aromatic nitrogens is 2. The summed E-state index contributed by atoms with van der Waals surface area (Å²) >= 11 is 0. The van der Waals surface area contributed by atoms with Crippen LogP contribution in [0, 0.1) is 5.92 Å². The summed E-state index contributed by atoms with van der Waals surface area (Å²) in [4.78, 5) is 15.6. The first-order valence-electron chi connectivity index (χ1n) is 10.4. The van der Waals surface area contributed by atoms with E-state index < -0.39 is 16.1 Å². The molecular weight excluding hydrogens is 364 g/mol. The minimum Gasteiger partial charge on any atom is -0.338 e. The molecule has 27 heavy (non-hydrogen) atoms. The molecule has 0 radical (unpaired) electrons. The third-order valence-corrected chi connectivity index (χ3v) is 8.42. The van der Waals surface area contributed by atoms with Gasteiger partial charge in [0.05, 0.1) is 6.20 Å². The van der Waals surface area contributed by atoms with E-state index >= 15 is 0 Å². The highest BCUT2D eigenvalue weighted by Gasteiger charge is 2.45. The molecule has 4 rings (SSSR count). The molecular formula is C19H30N4O3S. The van der Waals surface area contributed by atoms with Gasteiger partial charge in [0.25, 0.3) is 0 Å². The molecule has 3 fully saturated rings. The normalized spacial score (nSPS) is 27.7. The summed E-state index contributed by atoms with van der Waals surface area (Å²) < 4.78 is 29.3. The average Bonchev–Trinajstić information content (AvgIpc) is 3.47. The minimum absolute atomic E-state index is 0.0216. The fraction of sp³-hybridized carbons (Fsp3) is 0.789.